The first-order chi connectivity index (χ1) is 17.6. The minimum absolute atomic E-state index is 0.0950. The number of hydrogen-bond acceptors (Lipinski definition) is 5. The van der Waals surface area contributed by atoms with Crippen molar-refractivity contribution in [2.45, 2.75) is 82.3 Å². The second-order valence-electron chi connectivity index (χ2n) is 10.7. The van der Waals surface area contributed by atoms with Crippen LogP contribution in [0.25, 0.3) is 0 Å². The maximum absolute atomic E-state index is 13.8. The zero-order valence-corrected chi connectivity index (χ0v) is 21.9. The molecule has 202 valence electrons. The Morgan fingerprint density at radius 1 is 1.03 bits per heavy atom. The SMILES string of the molecule is CC(=O)N[C@@H](Cc1cc(F)cc(F)c1)[C@H](O)CNC1(c2cccc(C(C)C)c2)CCC2(CC1)OCCO2. The highest BCUT2D eigenvalue weighted by Crippen LogP contribution is 2.45. The van der Waals surface area contributed by atoms with Gasteiger partial charge in [0.2, 0.25) is 5.91 Å². The van der Waals surface area contributed by atoms with E-state index in [2.05, 4.69) is 48.7 Å². The fourth-order valence-electron chi connectivity index (χ4n) is 5.58. The predicted molar refractivity (Wildman–Crippen MR) is 137 cm³/mol. The van der Waals surface area contributed by atoms with Crippen LogP contribution in [0.2, 0.25) is 0 Å². The summed E-state index contributed by atoms with van der Waals surface area (Å²) in [5, 5.41) is 17.6. The molecule has 2 fully saturated rings. The summed E-state index contributed by atoms with van der Waals surface area (Å²) >= 11 is 0. The lowest BCUT2D eigenvalue weighted by molar-refractivity contribution is -0.187. The maximum atomic E-state index is 13.8. The number of aliphatic hydroxyl groups is 1. The van der Waals surface area contributed by atoms with E-state index in [9.17, 15) is 18.7 Å². The van der Waals surface area contributed by atoms with Gasteiger partial charge < -0.3 is 25.2 Å². The van der Waals surface area contributed by atoms with E-state index in [1.807, 2.05) is 0 Å². The highest BCUT2D eigenvalue weighted by atomic mass is 19.1. The van der Waals surface area contributed by atoms with Crippen molar-refractivity contribution in [1.29, 1.82) is 0 Å². The molecule has 2 aliphatic rings. The van der Waals surface area contributed by atoms with Gasteiger partial charge in [0.05, 0.1) is 25.4 Å². The number of hydrogen-bond donors (Lipinski definition) is 3. The van der Waals surface area contributed by atoms with E-state index in [4.69, 9.17) is 9.47 Å². The van der Waals surface area contributed by atoms with Crippen LogP contribution in [0.1, 0.15) is 69.1 Å². The Morgan fingerprint density at radius 2 is 1.68 bits per heavy atom. The van der Waals surface area contributed by atoms with E-state index in [-0.39, 0.29) is 18.9 Å². The van der Waals surface area contributed by atoms with Gasteiger partial charge in [-0.1, -0.05) is 38.1 Å². The summed E-state index contributed by atoms with van der Waals surface area (Å²) in [6.45, 7) is 7.06. The molecular weight excluding hydrogens is 478 g/mol. The summed E-state index contributed by atoms with van der Waals surface area (Å²) in [7, 11) is 0. The highest BCUT2D eigenvalue weighted by Gasteiger charge is 2.47. The third kappa shape index (κ3) is 6.74. The Kier molecular flexibility index (Phi) is 8.63. The molecule has 1 aliphatic carbocycles. The van der Waals surface area contributed by atoms with Crippen LogP contribution in [-0.2, 0) is 26.2 Å². The molecule has 0 unspecified atom stereocenters. The molecule has 1 saturated carbocycles. The molecule has 3 N–H and O–H groups in total. The Hall–Kier alpha value is -2.39. The van der Waals surface area contributed by atoms with Crippen LogP contribution in [0.4, 0.5) is 8.78 Å². The zero-order valence-electron chi connectivity index (χ0n) is 21.9. The van der Waals surface area contributed by atoms with Gasteiger partial charge >= 0.3 is 0 Å². The summed E-state index contributed by atoms with van der Waals surface area (Å²) < 4.78 is 39.4. The van der Waals surface area contributed by atoms with Crippen molar-refractivity contribution in [2.24, 2.45) is 0 Å². The first-order valence-electron chi connectivity index (χ1n) is 13.1. The Balaban J connectivity index is 1.54. The lowest BCUT2D eigenvalue weighted by Crippen LogP contribution is -2.55. The van der Waals surface area contributed by atoms with Crippen molar-refractivity contribution in [3.05, 3.63) is 70.8 Å². The van der Waals surface area contributed by atoms with E-state index in [0.717, 1.165) is 37.3 Å². The molecule has 1 heterocycles. The number of carbonyl (C=O) groups excluding carboxylic acids is 1. The molecule has 4 rings (SSSR count). The lowest BCUT2D eigenvalue weighted by Gasteiger charge is -2.45. The first-order valence-corrected chi connectivity index (χ1v) is 13.1. The standard InChI is InChI=1S/C29H38F2N2O4/c1-19(2)22-5-4-6-23(16-22)28(7-9-29(10-8-28)36-11-12-37-29)32-18-27(35)26(33-20(3)34)15-21-13-24(30)17-25(31)14-21/h4-6,13-14,16-17,19,26-27,32,35H,7-12,15,18H2,1-3H3,(H,33,34)/t26-,27+/m0/s1. The monoisotopic (exact) mass is 516 g/mol. The quantitative estimate of drug-likeness (QED) is 0.463. The second-order valence-corrected chi connectivity index (χ2v) is 10.7. The normalized spacial score (nSPS) is 20.2. The lowest BCUT2D eigenvalue weighted by atomic mass is 9.73. The fourth-order valence-corrected chi connectivity index (χ4v) is 5.58. The van der Waals surface area contributed by atoms with Crippen LogP contribution < -0.4 is 10.6 Å². The summed E-state index contributed by atoms with van der Waals surface area (Å²) in [6.07, 6.45) is 2.05. The molecule has 0 aromatic heterocycles. The smallest absolute Gasteiger partial charge is 0.217 e. The van der Waals surface area contributed by atoms with Gasteiger partial charge in [-0.15, -0.1) is 0 Å². The molecular formula is C29H38F2N2O4. The molecule has 2 aromatic rings. The first kappa shape index (κ1) is 27.6. The van der Waals surface area contributed by atoms with E-state index in [1.165, 1.54) is 24.6 Å². The summed E-state index contributed by atoms with van der Waals surface area (Å²) in [6, 6.07) is 11.0. The Bertz CT molecular complexity index is 1060. The molecule has 37 heavy (non-hydrogen) atoms. The number of ether oxygens (including phenoxy) is 2. The van der Waals surface area contributed by atoms with Crippen LogP contribution >= 0.6 is 0 Å². The van der Waals surface area contributed by atoms with Crippen LogP contribution in [-0.4, -0.2) is 48.7 Å². The highest BCUT2D eigenvalue weighted by molar-refractivity contribution is 5.73. The van der Waals surface area contributed by atoms with Crippen molar-refractivity contribution in [3.63, 3.8) is 0 Å². The largest absolute Gasteiger partial charge is 0.390 e. The molecule has 1 saturated heterocycles. The van der Waals surface area contributed by atoms with Gasteiger partial charge in [0, 0.05) is 37.9 Å². The van der Waals surface area contributed by atoms with Crippen molar-refractivity contribution in [1.82, 2.24) is 10.6 Å². The topological polar surface area (TPSA) is 79.8 Å². The van der Waals surface area contributed by atoms with Gasteiger partial charge in [-0.05, 0) is 54.0 Å². The van der Waals surface area contributed by atoms with Gasteiger partial charge in [0.15, 0.2) is 5.79 Å². The third-order valence-corrected chi connectivity index (χ3v) is 7.67. The molecule has 2 atom stereocenters. The van der Waals surface area contributed by atoms with Gasteiger partial charge in [0.25, 0.3) is 0 Å². The van der Waals surface area contributed by atoms with Gasteiger partial charge in [0.1, 0.15) is 11.6 Å². The molecule has 1 spiro atoms. The molecule has 6 nitrogen and oxygen atoms in total. The van der Waals surface area contributed by atoms with Crippen LogP contribution in [0.15, 0.2) is 42.5 Å². The molecule has 0 bridgehead atoms. The van der Waals surface area contributed by atoms with Crippen molar-refractivity contribution < 1.29 is 28.2 Å². The second kappa shape index (κ2) is 11.6. The fraction of sp³-hybridized carbons (Fsp3) is 0.552. The number of aliphatic hydroxyl groups excluding tert-OH is 1. The minimum atomic E-state index is -0.991. The average Bonchev–Trinajstić information content (AvgIpc) is 3.31. The molecule has 0 radical (unpaired) electrons. The average molecular weight is 517 g/mol. The van der Waals surface area contributed by atoms with Gasteiger partial charge in [-0.2, -0.15) is 0 Å². The number of rotatable bonds is 9. The van der Waals surface area contributed by atoms with Crippen LogP contribution in [0, 0.1) is 11.6 Å². The molecule has 8 heteroatoms. The minimum Gasteiger partial charge on any atom is -0.390 e. The Labute approximate surface area is 217 Å². The van der Waals surface area contributed by atoms with Crippen molar-refractivity contribution >= 4 is 5.91 Å². The van der Waals surface area contributed by atoms with Crippen molar-refractivity contribution in [3.8, 4) is 0 Å². The number of nitrogens with one attached hydrogen (secondary N) is 2. The van der Waals surface area contributed by atoms with Gasteiger partial charge in [-0.25, -0.2) is 8.78 Å². The summed E-state index contributed by atoms with van der Waals surface area (Å²) in [4.78, 5) is 11.9. The summed E-state index contributed by atoms with van der Waals surface area (Å²) in [5.74, 6) is -1.88. The number of benzene rings is 2. The molecule has 1 aliphatic heterocycles. The van der Waals surface area contributed by atoms with E-state index in [1.54, 1.807) is 0 Å². The third-order valence-electron chi connectivity index (χ3n) is 7.67. The van der Waals surface area contributed by atoms with Gasteiger partial charge in [-0.3, -0.25) is 4.79 Å². The van der Waals surface area contributed by atoms with E-state index >= 15 is 0 Å². The zero-order chi connectivity index (χ0) is 26.6. The van der Waals surface area contributed by atoms with E-state index < -0.39 is 35.1 Å². The maximum Gasteiger partial charge on any atom is 0.217 e. The number of amides is 1. The van der Waals surface area contributed by atoms with Crippen LogP contribution in [0.5, 0.6) is 0 Å². The number of halogens is 2. The van der Waals surface area contributed by atoms with Crippen LogP contribution in [0.3, 0.4) is 0 Å². The number of carbonyl (C=O) groups is 1. The summed E-state index contributed by atoms with van der Waals surface area (Å²) in [5.41, 5.74) is 2.32. The molecule has 1 amide bonds. The van der Waals surface area contributed by atoms with Crippen molar-refractivity contribution in [2.75, 3.05) is 19.8 Å². The Morgan fingerprint density at radius 3 is 2.27 bits per heavy atom. The predicted octanol–water partition coefficient (Wildman–Crippen LogP) is 4.30. The van der Waals surface area contributed by atoms with E-state index in [0.29, 0.717) is 24.7 Å². The molecule has 2 aromatic carbocycles.